The van der Waals surface area contributed by atoms with E-state index >= 15 is 0 Å². The second kappa shape index (κ2) is 8.84. The van der Waals surface area contributed by atoms with E-state index in [1.165, 1.54) is 18.4 Å². The summed E-state index contributed by atoms with van der Waals surface area (Å²) in [5, 5.41) is 6.67. The maximum Gasteiger partial charge on any atom is 0.228 e. The molecular weight excluding hydrogens is 380 g/mol. The highest BCUT2D eigenvalue weighted by atomic mass is 32.1. The molecule has 1 aromatic carbocycles. The molecule has 5 nitrogen and oxygen atoms in total. The van der Waals surface area contributed by atoms with Crippen LogP contribution in [-0.4, -0.2) is 51.9 Å². The summed E-state index contributed by atoms with van der Waals surface area (Å²) in [7, 11) is 0. The Morgan fingerprint density at radius 1 is 1.24 bits per heavy atom. The molecule has 1 aromatic heterocycles. The molecule has 29 heavy (non-hydrogen) atoms. The number of hydrogen-bond acceptors (Lipinski definition) is 5. The molecule has 0 saturated carbocycles. The fourth-order valence-electron chi connectivity index (χ4n) is 4.98. The average Bonchev–Trinajstić information content (AvgIpc) is 3.26. The molecule has 4 rings (SSSR count). The summed E-state index contributed by atoms with van der Waals surface area (Å²) in [6.07, 6.45) is 3.93. The molecule has 0 aliphatic carbocycles. The minimum atomic E-state index is 0.177. The van der Waals surface area contributed by atoms with Crippen LogP contribution in [0.25, 0.3) is 0 Å². The standard InChI is InChI=1S/C23H32N4OS/c1-16(2)27-20-8-9-21(27)14-26(23(28)12-19-15-29-17(3)25-19)13-18-6-4-5-7-22(18)24-11-10-20/h4-7,15-16,20-21,24H,8-14H2,1-3H3/t20-,21+/m1/s1. The van der Waals surface area contributed by atoms with Gasteiger partial charge in [0, 0.05) is 48.8 Å². The Hall–Kier alpha value is -1.92. The van der Waals surface area contributed by atoms with Crippen molar-refractivity contribution in [3.8, 4) is 0 Å². The molecule has 2 bridgehead atoms. The van der Waals surface area contributed by atoms with Crippen molar-refractivity contribution in [2.24, 2.45) is 0 Å². The van der Waals surface area contributed by atoms with Gasteiger partial charge in [0.15, 0.2) is 0 Å². The van der Waals surface area contributed by atoms with Gasteiger partial charge in [-0.25, -0.2) is 4.98 Å². The summed E-state index contributed by atoms with van der Waals surface area (Å²) in [5.41, 5.74) is 3.25. The highest BCUT2D eigenvalue weighted by Crippen LogP contribution is 2.31. The third-order valence-electron chi connectivity index (χ3n) is 6.23. The van der Waals surface area contributed by atoms with Gasteiger partial charge in [0.05, 0.1) is 17.1 Å². The number of anilines is 1. The highest BCUT2D eigenvalue weighted by molar-refractivity contribution is 7.09. The zero-order chi connectivity index (χ0) is 20.4. The third-order valence-corrected chi connectivity index (χ3v) is 7.05. The fraction of sp³-hybridized carbons (Fsp3) is 0.565. The summed E-state index contributed by atoms with van der Waals surface area (Å²) in [6.45, 7) is 8.99. The molecule has 1 amide bonds. The van der Waals surface area contributed by atoms with E-state index in [1.54, 1.807) is 11.3 Å². The molecule has 2 aliphatic heterocycles. The molecule has 3 heterocycles. The van der Waals surface area contributed by atoms with Crippen LogP contribution in [0.4, 0.5) is 5.69 Å². The summed E-state index contributed by atoms with van der Waals surface area (Å²) in [5.74, 6) is 0.177. The van der Waals surface area contributed by atoms with Gasteiger partial charge in [-0.15, -0.1) is 11.3 Å². The first kappa shape index (κ1) is 20.4. The predicted molar refractivity (Wildman–Crippen MR) is 119 cm³/mol. The van der Waals surface area contributed by atoms with Crippen LogP contribution in [0.3, 0.4) is 0 Å². The van der Waals surface area contributed by atoms with E-state index in [1.807, 2.05) is 12.3 Å². The largest absolute Gasteiger partial charge is 0.385 e. The monoisotopic (exact) mass is 412 g/mol. The average molecular weight is 413 g/mol. The number of aryl methyl sites for hydroxylation is 1. The van der Waals surface area contributed by atoms with Gasteiger partial charge in [0.2, 0.25) is 5.91 Å². The maximum absolute atomic E-state index is 13.3. The van der Waals surface area contributed by atoms with Crippen LogP contribution in [0.1, 0.15) is 49.4 Å². The van der Waals surface area contributed by atoms with Gasteiger partial charge in [-0.05, 0) is 51.7 Å². The number of rotatable bonds is 3. The molecule has 2 atom stereocenters. The number of amides is 1. The predicted octanol–water partition coefficient (Wildman–Crippen LogP) is 4.08. The van der Waals surface area contributed by atoms with Crippen LogP contribution >= 0.6 is 11.3 Å². The van der Waals surface area contributed by atoms with Gasteiger partial charge < -0.3 is 10.2 Å². The van der Waals surface area contributed by atoms with E-state index in [-0.39, 0.29) is 5.91 Å². The van der Waals surface area contributed by atoms with E-state index in [0.29, 0.717) is 31.1 Å². The van der Waals surface area contributed by atoms with E-state index in [2.05, 4.69) is 58.2 Å². The van der Waals surface area contributed by atoms with Crippen LogP contribution in [0.5, 0.6) is 0 Å². The fourth-order valence-corrected chi connectivity index (χ4v) is 5.59. The zero-order valence-electron chi connectivity index (χ0n) is 17.7. The summed E-state index contributed by atoms with van der Waals surface area (Å²) in [4.78, 5) is 22.6. The lowest BCUT2D eigenvalue weighted by atomic mass is 10.1. The van der Waals surface area contributed by atoms with Crippen molar-refractivity contribution >= 4 is 22.9 Å². The lowest BCUT2D eigenvalue weighted by Crippen LogP contribution is -2.48. The summed E-state index contributed by atoms with van der Waals surface area (Å²) in [6, 6.07) is 9.95. The van der Waals surface area contributed by atoms with Crippen LogP contribution in [0.15, 0.2) is 29.6 Å². The molecule has 0 spiro atoms. The molecule has 2 aromatic rings. The van der Waals surface area contributed by atoms with Gasteiger partial charge >= 0.3 is 0 Å². The number of para-hydroxylation sites is 1. The SMILES string of the molecule is Cc1nc(CC(=O)N2Cc3ccccc3NCC[C@H]3CC[C@@H](C2)N3C(C)C)cs1. The highest BCUT2D eigenvalue weighted by Gasteiger charge is 2.36. The Morgan fingerprint density at radius 3 is 2.79 bits per heavy atom. The summed E-state index contributed by atoms with van der Waals surface area (Å²) >= 11 is 1.61. The number of nitrogens with zero attached hydrogens (tertiary/aromatic N) is 3. The first-order valence-corrected chi connectivity index (χ1v) is 11.7. The van der Waals surface area contributed by atoms with Crippen molar-refractivity contribution in [2.45, 2.75) is 71.1 Å². The van der Waals surface area contributed by atoms with E-state index in [9.17, 15) is 4.79 Å². The van der Waals surface area contributed by atoms with Crippen molar-refractivity contribution in [3.63, 3.8) is 0 Å². The number of benzene rings is 1. The third kappa shape index (κ3) is 4.64. The molecule has 1 fully saturated rings. The molecule has 1 saturated heterocycles. The van der Waals surface area contributed by atoms with Gasteiger partial charge in [-0.1, -0.05) is 18.2 Å². The molecule has 2 aliphatic rings. The van der Waals surface area contributed by atoms with Crippen molar-refractivity contribution in [1.82, 2.24) is 14.8 Å². The van der Waals surface area contributed by atoms with Crippen LogP contribution in [-0.2, 0) is 17.8 Å². The molecular formula is C23H32N4OS. The lowest BCUT2D eigenvalue weighted by Gasteiger charge is -2.36. The molecule has 6 heteroatoms. The van der Waals surface area contributed by atoms with E-state index in [0.717, 1.165) is 35.9 Å². The molecule has 0 unspecified atom stereocenters. The van der Waals surface area contributed by atoms with Crippen molar-refractivity contribution < 1.29 is 4.79 Å². The first-order valence-electron chi connectivity index (χ1n) is 10.8. The quantitative estimate of drug-likeness (QED) is 0.825. The number of aromatic nitrogens is 1. The van der Waals surface area contributed by atoms with Crippen LogP contribution in [0, 0.1) is 6.92 Å². The minimum Gasteiger partial charge on any atom is -0.385 e. The minimum absolute atomic E-state index is 0.177. The number of thiazole rings is 1. The van der Waals surface area contributed by atoms with Gasteiger partial charge in [0.1, 0.15) is 0 Å². The molecule has 1 N–H and O–H groups in total. The van der Waals surface area contributed by atoms with Gasteiger partial charge in [0.25, 0.3) is 0 Å². The Balaban J connectivity index is 1.62. The number of carbonyl (C=O) groups excluding carboxylic acids is 1. The number of carbonyl (C=O) groups is 1. The molecule has 0 radical (unpaired) electrons. The van der Waals surface area contributed by atoms with Crippen molar-refractivity contribution in [2.75, 3.05) is 18.4 Å². The number of fused-ring (bicyclic) bond motifs is 3. The Bertz CT molecular complexity index is 849. The smallest absolute Gasteiger partial charge is 0.228 e. The molecule has 156 valence electrons. The first-order chi connectivity index (χ1) is 14.0. The second-order valence-corrected chi connectivity index (χ2v) is 9.67. The second-order valence-electron chi connectivity index (χ2n) is 8.61. The van der Waals surface area contributed by atoms with Crippen molar-refractivity contribution in [3.05, 3.63) is 45.9 Å². The number of nitrogens with one attached hydrogen (secondary N) is 1. The van der Waals surface area contributed by atoms with E-state index in [4.69, 9.17) is 0 Å². The topological polar surface area (TPSA) is 48.5 Å². The number of hydrogen-bond donors (Lipinski definition) is 1. The normalized spacial score (nSPS) is 22.8. The van der Waals surface area contributed by atoms with Crippen LogP contribution in [0.2, 0.25) is 0 Å². The Labute approximate surface area is 178 Å². The Morgan fingerprint density at radius 2 is 2.03 bits per heavy atom. The Kier molecular flexibility index (Phi) is 6.20. The zero-order valence-corrected chi connectivity index (χ0v) is 18.5. The van der Waals surface area contributed by atoms with Gasteiger partial charge in [-0.3, -0.25) is 9.69 Å². The lowest BCUT2D eigenvalue weighted by molar-refractivity contribution is -0.132. The van der Waals surface area contributed by atoms with Crippen molar-refractivity contribution in [1.29, 1.82) is 0 Å². The summed E-state index contributed by atoms with van der Waals surface area (Å²) < 4.78 is 0. The maximum atomic E-state index is 13.3. The van der Waals surface area contributed by atoms with Gasteiger partial charge in [-0.2, -0.15) is 0 Å². The van der Waals surface area contributed by atoms with E-state index < -0.39 is 0 Å². The van der Waals surface area contributed by atoms with Crippen LogP contribution < -0.4 is 5.32 Å².